The second-order valence-corrected chi connectivity index (χ2v) is 7.44. The summed E-state index contributed by atoms with van der Waals surface area (Å²) >= 11 is 6.25. The molecule has 1 unspecified atom stereocenters. The van der Waals surface area contributed by atoms with Gasteiger partial charge in [0.2, 0.25) is 0 Å². The third kappa shape index (κ3) is 2.88. The summed E-state index contributed by atoms with van der Waals surface area (Å²) in [6, 6.07) is 7.10. The number of carboxylic acids is 1. The zero-order valence-electron chi connectivity index (χ0n) is 15.0. The molecule has 0 spiro atoms. The number of carbonyl (C=O) groups excluding carboxylic acids is 1. The molecule has 2 heterocycles. The molecular weight excluding hydrogens is 356 g/mol. The van der Waals surface area contributed by atoms with Crippen molar-refractivity contribution in [1.82, 2.24) is 10.1 Å². The standard InChI is InChI=1S/C19H21ClN2O4/c1-11(2)19(18(24)25)8-9-22(10-19)17(23)15-12(3)26-21-16(15)13-6-4-5-7-14(13)20/h4-7,11H,8-10H2,1-3H3,(H,24,25). The highest BCUT2D eigenvalue weighted by Gasteiger charge is 2.49. The number of likely N-dealkylation sites (tertiary alicyclic amines) is 1. The Morgan fingerprint density at radius 1 is 1.35 bits per heavy atom. The van der Waals surface area contributed by atoms with E-state index in [1.165, 1.54) is 0 Å². The molecule has 1 fully saturated rings. The van der Waals surface area contributed by atoms with Crippen molar-refractivity contribution >= 4 is 23.5 Å². The van der Waals surface area contributed by atoms with E-state index in [1.807, 2.05) is 19.9 Å². The zero-order chi connectivity index (χ0) is 19.1. The van der Waals surface area contributed by atoms with Crippen LogP contribution in [0.1, 0.15) is 36.4 Å². The van der Waals surface area contributed by atoms with Crippen LogP contribution in [0.15, 0.2) is 28.8 Å². The predicted octanol–water partition coefficient (Wildman–Crippen LogP) is 3.88. The van der Waals surface area contributed by atoms with Crippen molar-refractivity contribution in [1.29, 1.82) is 0 Å². The Morgan fingerprint density at radius 2 is 2.04 bits per heavy atom. The SMILES string of the molecule is Cc1onc(-c2ccccc2Cl)c1C(=O)N1CCC(C(=O)O)(C(C)C)C1. The average Bonchev–Trinajstić information content (AvgIpc) is 3.20. The highest BCUT2D eigenvalue weighted by Crippen LogP contribution is 2.40. The fourth-order valence-electron chi connectivity index (χ4n) is 3.52. The third-order valence-electron chi connectivity index (χ3n) is 5.32. The van der Waals surface area contributed by atoms with E-state index in [1.54, 1.807) is 30.0 Å². The Hall–Kier alpha value is -2.34. The summed E-state index contributed by atoms with van der Waals surface area (Å²) in [5, 5.41) is 14.2. The van der Waals surface area contributed by atoms with Crippen molar-refractivity contribution in [3.05, 3.63) is 40.6 Å². The number of carboxylic acid groups (broad SMARTS) is 1. The van der Waals surface area contributed by atoms with E-state index in [0.717, 1.165) is 0 Å². The lowest BCUT2D eigenvalue weighted by Crippen LogP contribution is -2.40. The van der Waals surface area contributed by atoms with Crippen LogP contribution < -0.4 is 0 Å². The number of amides is 1. The highest BCUT2D eigenvalue weighted by atomic mass is 35.5. The first-order chi connectivity index (χ1) is 12.3. The molecule has 1 aliphatic heterocycles. The summed E-state index contributed by atoms with van der Waals surface area (Å²) in [6.07, 6.45) is 0.428. The lowest BCUT2D eigenvalue weighted by atomic mass is 9.76. The second-order valence-electron chi connectivity index (χ2n) is 7.03. The van der Waals surface area contributed by atoms with Crippen LogP contribution in [0.5, 0.6) is 0 Å². The second kappa shape index (κ2) is 6.76. The zero-order valence-corrected chi connectivity index (χ0v) is 15.7. The molecule has 1 aliphatic rings. The summed E-state index contributed by atoms with van der Waals surface area (Å²) in [5.74, 6) is -0.828. The number of hydrogen-bond donors (Lipinski definition) is 1. The van der Waals surface area contributed by atoms with Gasteiger partial charge in [-0.1, -0.05) is 48.8 Å². The number of aryl methyl sites for hydroxylation is 1. The Balaban J connectivity index is 1.97. The minimum Gasteiger partial charge on any atom is -0.481 e. The molecule has 1 amide bonds. The number of carbonyl (C=O) groups is 2. The van der Waals surface area contributed by atoms with Crippen LogP contribution in [0.3, 0.4) is 0 Å². The van der Waals surface area contributed by atoms with Crippen LogP contribution in [0, 0.1) is 18.3 Å². The van der Waals surface area contributed by atoms with E-state index < -0.39 is 11.4 Å². The molecule has 6 nitrogen and oxygen atoms in total. The van der Waals surface area contributed by atoms with Gasteiger partial charge in [-0.25, -0.2) is 0 Å². The Bertz CT molecular complexity index is 861. The summed E-state index contributed by atoms with van der Waals surface area (Å²) in [7, 11) is 0. The maximum Gasteiger partial charge on any atom is 0.311 e. The molecule has 3 rings (SSSR count). The summed E-state index contributed by atoms with van der Waals surface area (Å²) < 4.78 is 5.26. The normalized spacial score (nSPS) is 20.0. The molecule has 7 heteroatoms. The smallest absolute Gasteiger partial charge is 0.311 e. The van der Waals surface area contributed by atoms with E-state index in [0.29, 0.717) is 40.6 Å². The number of aliphatic carboxylic acids is 1. The lowest BCUT2D eigenvalue weighted by molar-refractivity contribution is -0.150. The molecule has 2 aromatic rings. The fourth-order valence-corrected chi connectivity index (χ4v) is 3.74. The van der Waals surface area contributed by atoms with Crippen LogP contribution in [-0.2, 0) is 4.79 Å². The first-order valence-corrected chi connectivity index (χ1v) is 8.89. The van der Waals surface area contributed by atoms with Crippen LogP contribution in [0.4, 0.5) is 0 Å². The molecule has 1 atom stereocenters. The average molecular weight is 377 g/mol. The molecule has 0 radical (unpaired) electrons. The van der Waals surface area contributed by atoms with Gasteiger partial charge in [-0.3, -0.25) is 9.59 Å². The number of hydrogen-bond acceptors (Lipinski definition) is 4. The van der Waals surface area contributed by atoms with Gasteiger partial charge < -0.3 is 14.5 Å². The molecule has 1 N–H and O–H groups in total. The quantitative estimate of drug-likeness (QED) is 0.875. The lowest BCUT2D eigenvalue weighted by Gasteiger charge is -2.28. The first kappa shape index (κ1) is 18.5. The topological polar surface area (TPSA) is 83.6 Å². The van der Waals surface area contributed by atoms with Crippen molar-refractivity contribution in [3.63, 3.8) is 0 Å². The Morgan fingerprint density at radius 3 is 2.62 bits per heavy atom. The van der Waals surface area contributed by atoms with E-state index in [9.17, 15) is 14.7 Å². The Kier molecular flexibility index (Phi) is 4.80. The van der Waals surface area contributed by atoms with Gasteiger partial charge in [0.15, 0.2) is 0 Å². The van der Waals surface area contributed by atoms with E-state index in [2.05, 4.69) is 5.16 Å². The largest absolute Gasteiger partial charge is 0.481 e. The van der Waals surface area contributed by atoms with E-state index in [4.69, 9.17) is 16.1 Å². The number of aromatic nitrogens is 1. The molecule has 1 saturated heterocycles. The molecule has 26 heavy (non-hydrogen) atoms. The number of nitrogens with zero attached hydrogens (tertiary/aromatic N) is 2. The molecule has 1 aromatic carbocycles. The van der Waals surface area contributed by atoms with Gasteiger partial charge in [-0.15, -0.1) is 0 Å². The maximum absolute atomic E-state index is 13.2. The first-order valence-electron chi connectivity index (χ1n) is 8.52. The van der Waals surface area contributed by atoms with Gasteiger partial charge in [-0.05, 0) is 25.3 Å². The van der Waals surface area contributed by atoms with E-state index in [-0.39, 0.29) is 18.4 Å². The predicted molar refractivity (Wildman–Crippen MR) is 97.1 cm³/mol. The van der Waals surface area contributed by atoms with Crippen molar-refractivity contribution < 1.29 is 19.2 Å². The number of halogens is 1. The van der Waals surface area contributed by atoms with Gasteiger partial charge in [-0.2, -0.15) is 0 Å². The molecule has 0 bridgehead atoms. The number of benzene rings is 1. The van der Waals surface area contributed by atoms with E-state index >= 15 is 0 Å². The minimum atomic E-state index is -0.925. The van der Waals surface area contributed by atoms with Crippen molar-refractivity contribution in [2.45, 2.75) is 27.2 Å². The minimum absolute atomic E-state index is 0.0793. The third-order valence-corrected chi connectivity index (χ3v) is 5.65. The van der Waals surface area contributed by atoms with Gasteiger partial charge in [0.05, 0.1) is 10.4 Å². The highest BCUT2D eigenvalue weighted by molar-refractivity contribution is 6.33. The fraction of sp³-hybridized carbons (Fsp3) is 0.421. The van der Waals surface area contributed by atoms with Crippen LogP contribution >= 0.6 is 11.6 Å². The number of rotatable bonds is 4. The van der Waals surface area contributed by atoms with Gasteiger partial charge >= 0.3 is 5.97 Å². The molecule has 138 valence electrons. The summed E-state index contributed by atoms with van der Waals surface area (Å²) in [5.41, 5.74) is 0.408. The van der Waals surface area contributed by atoms with Crippen molar-refractivity contribution in [2.24, 2.45) is 11.3 Å². The monoisotopic (exact) mass is 376 g/mol. The van der Waals surface area contributed by atoms with Crippen LogP contribution in [0.2, 0.25) is 5.02 Å². The van der Waals surface area contributed by atoms with Gasteiger partial charge in [0.1, 0.15) is 17.0 Å². The van der Waals surface area contributed by atoms with Crippen molar-refractivity contribution in [2.75, 3.05) is 13.1 Å². The van der Waals surface area contributed by atoms with Crippen LogP contribution in [-0.4, -0.2) is 40.1 Å². The van der Waals surface area contributed by atoms with Gasteiger partial charge in [0, 0.05) is 18.7 Å². The van der Waals surface area contributed by atoms with Gasteiger partial charge in [0.25, 0.3) is 5.91 Å². The molecular formula is C19H21ClN2O4. The summed E-state index contributed by atoms with van der Waals surface area (Å²) in [6.45, 7) is 5.98. The van der Waals surface area contributed by atoms with Crippen molar-refractivity contribution in [3.8, 4) is 11.3 Å². The molecule has 0 aliphatic carbocycles. The summed E-state index contributed by atoms with van der Waals surface area (Å²) in [4.78, 5) is 26.6. The molecule has 0 saturated carbocycles. The molecule has 1 aromatic heterocycles. The van der Waals surface area contributed by atoms with Crippen LogP contribution in [0.25, 0.3) is 11.3 Å². The maximum atomic E-state index is 13.2. The Labute approximate surface area is 156 Å².